The van der Waals surface area contributed by atoms with Gasteiger partial charge in [0.2, 0.25) is 0 Å². The van der Waals surface area contributed by atoms with Crippen LogP contribution in [0.15, 0.2) is 121 Å². The zero-order valence-corrected chi connectivity index (χ0v) is 22.1. The lowest BCUT2D eigenvalue weighted by atomic mass is 9.77. The third-order valence-electron chi connectivity index (χ3n) is 8.84. The Morgan fingerprint density at radius 3 is 1.90 bits per heavy atom. The number of allylic oxidation sites excluding steroid dienone is 5. The highest BCUT2D eigenvalue weighted by Gasteiger charge is 2.27. The number of nitrogens with zero attached hydrogens (tertiary/aromatic N) is 2. The number of aryl methyl sites for hydroxylation is 1. The van der Waals surface area contributed by atoms with Crippen LogP contribution in [0.4, 0.5) is 0 Å². The Labute approximate surface area is 228 Å². The van der Waals surface area contributed by atoms with Gasteiger partial charge in [0.25, 0.3) is 0 Å². The summed E-state index contributed by atoms with van der Waals surface area (Å²) in [5.41, 5.74) is 10.4. The second-order valence-electron chi connectivity index (χ2n) is 11.2. The molecule has 2 nitrogen and oxygen atoms in total. The molecule has 2 aliphatic carbocycles. The molecule has 8 rings (SSSR count). The fraction of sp³-hybridized carbons (Fsp3) is 0.135. The summed E-state index contributed by atoms with van der Waals surface area (Å²) < 4.78 is 4.85. The van der Waals surface area contributed by atoms with Crippen LogP contribution in [-0.4, -0.2) is 9.13 Å². The van der Waals surface area contributed by atoms with Crippen LogP contribution in [0, 0.1) is 0 Å². The van der Waals surface area contributed by atoms with E-state index in [1.54, 1.807) is 0 Å². The van der Waals surface area contributed by atoms with Crippen molar-refractivity contribution in [2.75, 3.05) is 0 Å². The zero-order valence-electron chi connectivity index (χ0n) is 22.1. The number of benzene rings is 4. The van der Waals surface area contributed by atoms with Crippen molar-refractivity contribution in [3.63, 3.8) is 0 Å². The van der Waals surface area contributed by atoms with E-state index in [-0.39, 0.29) is 5.41 Å². The van der Waals surface area contributed by atoms with Gasteiger partial charge in [-0.1, -0.05) is 91.9 Å². The molecule has 0 amide bonds. The predicted octanol–water partition coefficient (Wildman–Crippen LogP) is 9.46. The van der Waals surface area contributed by atoms with E-state index in [0.717, 1.165) is 19.3 Å². The molecule has 2 aliphatic rings. The van der Waals surface area contributed by atoms with E-state index in [2.05, 4.69) is 143 Å². The van der Waals surface area contributed by atoms with Gasteiger partial charge in [-0.2, -0.15) is 0 Å². The molecule has 0 saturated heterocycles. The Morgan fingerprint density at radius 2 is 1.26 bits per heavy atom. The summed E-state index contributed by atoms with van der Waals surface area (Å²) in [6, 6.07) is 35.5. The summed E-state index contributed by atoms with van der Waals surface area (Å²) in [5, 5.41) is 3.98. The van der Waals surface area contributed by atoms with Crippen LogP contribution in [0.5, 0.6) is 0 Å². The molecule has 188 valence electrons. The van der Waals surface area contributed by atoms with Crippen molar-refractivity contribution in [2.24, 2.45) is 0 Å². The van der Waals surface area contributed by atoms with Gasteiger partial charge in [-0.05, 0) is 72.9 Å². The monoisotopic (exact) mass is 502 g/mol. The Morgan fingerprint density at radius 1 is 0.641 bits per heavy atom. The van der Waals surface area contributed by atoms with E-state index >= 15 is 0 Å². The third kappa shape index (κ3) is 3.34. The lowest BCUT2D eigenvalue weighted by molar-refractivity contribution is 0.599. The highest BCUT2D eigenvalue weighted by molar-refractivity contribution is 6.09. The molecule has 0 radical (unpaired) electrons. The van der Waals surface area contributed by atoms with Crippen LogP contribution in [0.2, 0.25) is 0 Å². The van der Waals surface area contributed by atoms with E-state index in [9.17, 15) is 0 Å². The Balaban J connectivity index is 1.15. The molecule has 0 aliphatic heterocycles. The summed E-state index contributed by atoms with van der Waals surface area (Å²) >= 11 is 0. The number of hydrogen-bond donors (Lipinski definition) is 0. The van der Waals surface area contributed by atoms with Gasteiger partial charge in [-0.25, -0.2) is 0 Å². The van der Waals surface area contributed by atoms with Crippen LogP contribution >= 0.6 is 0 Å². The highest BCUT2D eigenvalue weighted by Crippen LogP contribution is 2.40. The van der Waals surface area contributed by atoms with Crippen LogP contribution in [0.3, 0.4) is 0 Å². The number of rotatable bonds is 3. The highest BCUT2D eigenvalue weighted by atomic mass is 15.0. The molecule has 0 N–H and O–H groups in total. The molecule has 2 heteroatoms. The Hall–Kier alpha value is -4.56. The minimum Gasteiger partial charge on any atom is -0.310 e. The van der Waals surface area contributed by atoms with Crippen molar-refractivity contribution in [3.8, 4) is 5.69 Å². The number of hydrogen-bond acceptors (Lipinski definition) is 0. The standard InChI is InChI=1S/C37H30N2/c1-37(24-22-28(23-25-37)39-35-16-8-4-12-31(35)32-13-5-9-17-36(32)39)26-18-20-27(21-19-26)38-33-14-6-2-10-29(33)30-11-3-7-15-34(30)38/h2-4,6-12,14-24H,5,13,25H2,1H3. The minimum atomic E-state index is -0.0400. The van der Waals surface area contributed by atoms with Gasteiger partial charge in [0, 0.05) is 38.7 Å². The number of fused-ring (bicyclic) bond motifs is 6. The topological polar surface area (TPSA) is 9.86 Å². The molecule has 0 fully saturated rings. The average molecular weight is 503 g/mol. The van der Waals surface area contributed by atoms with Crippen molar-refractivity contribution in [1.29, 1.82) is 0 Å². The van der Waals surface area contributed by atoms with Crippen LogP contribution in [-0.2, 0) is 11.8 Å². The van der Waals surface area contributed by atoms with E-state index < -0.39 is 0 Å². The van der Waals surface area contributed by atoms with Crippen LogP contribution < -0.4 is 0 Å². The van der Waals surface area contributed by atoms with Crippen molar-refractivity contribution in [1.82, 2.24) is 9.13 Å². The fourth-order valence-corrected chi connectivity index (χ4v) is 6.76. The van der Waals surface area contributed by atoms with Crippen LogP contribution in [0.1, 0.15) is 36.6 Å². The molecule has 39 heavy (non-hydrogen) atoms. The van der Waals surface area contributed by atoms with E-state index in [1.165, 1.54) is 60.9 Å². The molecular weight excluding hydrogens is 472 g/mol. The molecule has 6 aromatic rings. The molecule has 1 atom stereocenters. The molecule has 2 aromatic heterocycles. The van der Waals surface area contributed by atoms with Gasteiger partial charge in [-0.3, -0.25) is 0 Å². The second-order valence-corrected chi connectivity index (χ2v) is 11.2. The lowest BCUT2D eigenvalue weighted by Gasteiger charge is -2.29. The van der Waals surface area contributed by atoms with Gasteiger partial charge in [0.1, 0.15) is 0 Å². The first-order chi connectivity index (χ1) is 19.2. The number of para-hydroxylation sites is 3. The van der Waals surface area contributed by atoms with Crippen molar-refractivity contribution in [3.05, 3.63) is 138 Å². The largest absolute Gasteiger partial charge is 0.310 e. The fourth-order valence-electron chi connectivity index (χ4n) is 6.76. The quantitative estimate of drug-likeness (QED) is 0.228. The van der Waals surface area contributed by atoms with E-state index in [0.29, 0.717) is 0 Å². The normalized spacial score (nSPS) is 18.6. The maximum Gasteiger partial charge on any atom is 0.0541 e. The van der Waals surface area contributed by atoms with Crippen LogP contribution in [0.25, 0.3) is 50.2 Å². The van der Waals surface area contributed by atoms with Crippen molar-refractivity contribution in [2.45, 2.75) is 31.6 Å². The smallest absolute Gasteiger partial charge is 0.0541 e. The summed E-state index contributed by atoms with van der Waals surface area (Å²) in [4.78, 5) is 0. The van der Waals surface area contributed by atoms with E-state index in [4.69, 9.17) is 0 Å². The average Bonchev–Trinajstić information content (AvgIpc) is 3.51. The minimum absolute atomic E-state index is 0.0400. The SMILES string of the molecule is CC1(c2ccc(-n3c4ccccc4c4ccccc43)cc2)C=CC(n2c3c(c4ccccc42)CCC=C3)=CC1. The van der Waals surface area contributed by atoms with Crippen molar-refractivity contribution < 1.29 is 0 Å². The number of aromatic nitrogens is 2. The van der Waals surface area contributed by atoms with Gasteiger partial charge in [0.05, 0.1) is 16.6 Å². The lowest BCUT2D eigenvalue weighted by Crippen LogP contribution is -2.21. The Bertz CT molecular complexity index is 1940. The second kappa shape index (κ2) is 8.47. The molecule has 0 saturated carbocycles. The molecular formula is C37H30N2. The third-order valence-corrected chi connectivity index (χ3v) is 8.84. The molecule has 2 heterocycles. The predicted molar refractivity (Wildman–Crippen MR) is 165 cm³/mol. The summed E-state index contributed by atoms with van der Waals surface area (Å²) in [6.45, 7) is 2.36. The first-order valence-electron chi connectivity index (χ1n) is 14.0. The van der Waals surface area contributed by atoms with Gasteiger partial charge in [0.15, 0.2) is 0 Å². The summed E-state index contributed by atoms with van der Waals surface area (Å²) in [7, 11) is 0. The summed E-state index contributed by atoms with van der Waals surface area (Å²) in [5.74, 6) is 0. The molecule has 1 unspecified atom stereocenters. The van der Waals surface area contributed by atoms with Crippen molar-refractivity contribution >= 4 is 44.5 Å². The van der Waals surface area contributed by atoms with Gasteiger partial charge < -0.3 is 9.13 Å². The molecule has 4 aromatic carbocycles. The maximum atomic E-state index is 2.46. The maximum absolute atomic E-state index is 2.46. The van der Waals surface area contributed by atoms with Gasteiger partial charge in [-0.15, -0.1) is 0 Å². The first kappa shape index (κ1) is 22.4. The zero-order chi connectivity index (χ0) is 26.0. The molecule has 0 bridgehead atoms. The molecule has 0 spiro atoms. The Kier molecular flexibility index (Phi) is 4.87. The first-order valence-corrected chi connectivity index (χ1v) is 14.0. The van der Waals surface area contributed by atoms with Gasteiger partial charge >= 0.3 is 0 Å². The van der Waals surface area contributed by atoms with E-state index in [1.807, 2.05) is 0 Å². The summed E-state index contributed by atoms with van der Waals surface area (Å²) in [6.07, 6.45) is 15.0.